The number of hydrogen-bond donors (Lipinski definition) is 3. The summed E-state index contributed by atoms with van der Waals surface area (Å²) in [5, 5.41) is 26.7. The molecule has 2 aromatic heterocycles. The van der Waals surface area contributed by atoms with E-state index in [2.05, 4.69) is 25.4 Å². The number of hydrogen-bond acceptors (Lipinski definition) is 12. The molecule has 4 N–H and O–H groups in total. The lowest BCUT2D eigenvalue weighted by atomic mass is 10.0. The molecule has 0 bridgehead atoms. The van der Waals surface area contributed by atoms with Crippen LogP contribution in [0, 0.1) is 0 Å². The fourth-order valence-electron chi connectivity index (χ4n) is 3.55. The molecule has 1 unspecified atom stereocenters. The number of rotatable bonds is 9. The average Bonchev–Trinajstić information content (AvgIpc) is 2.87. The summed E-state index contributed by atoms with van der Waals surface area (Å²) in [4.78, 5) is 67.5. The van der Waals surface area contributed by atoms with Crippen molar-refractivity contribution in [2.75, 3.05) is 11.5 Å². The zero-order valence-corrected chi connectivity index (χ0v) is 20.9. The van der Waals surface area contributed by atoms with Crippen molar-refractivity contribution in [2.45, 2.75) is 37.4 Å². The van der Waals surface area contributed by atoms with Gasteiger partial charge in [-0.3, -0.25) is 19.5 Å². The van der Waals surface area contributed by atoms with E-state index >= 15 is 0 Å². The number of thioether (sulfide) groups is 1. The minimum Gasteiger partial charge on any atom is -0.543 e. The van der Waals surface area contributed by atoms with E-state index in [0.29, 0.717) is 5.57 Å². The van der Waals surface area contributed by atoms with Crippen LogP contribution in [0.5, 0.6) is 0 Å². The first-order chi connectivity index (χ1) is 18.0. The Bertz CT molecular complexity index is 1360. The first kappa shape index (κ1) is 26.5. The maximum Gasteiger partial charge on any atom is 0.350 e. The van der Waals surface area contributed by atoms with Crippen LogP contribution in [0.3, 0.4) is 0 Å². The highest BCUT2D eigenvalue weighted by molar-refractivity contribution is 8.00. The molecule has 2 amide bonds. The molecule has 0 spiro atoms. The highest BCUT2D eigenvalue weighted by atomic mass is 32.2. The summed E-state index contributed by atoms with van der Waals surface area (Å²) in [6.45, 7) is 2.64. The number of anilines is 1. The largest absolute Gasteiger partial charge is 0.543 e. The number of fused-ring (bicyclic) bond motifs is 1. The molecular formula is C22H22N8O7S. The van der Waals surface area contributed by atoms with Crippen molar-refractivity contribution >= 4 is 47.0 Å². The first-order valence-electron chi connectivity index (χ1n) is 11.1. The number of amides is 2. The van der Waals surface area contributed by atoms with Crippen LogP contribution in [0.4, 0.5) is 5.82 Å². The zero-order chi connectivity index (χ0) is 27.6. The average molecular weight is 543 g/mol. The molecule has 38 heavy (non-hydrogen) atoms. The number of oxime groups is 1. The molecule has 4 heterocycles. The highest BCUT2D eigenvalue weighted by Gasteiger charge is 2.53. The Hall–Kier alpha value is -4.60. The number of nitrogen functional groups attached to an aromatic ring is 1. The molecule has 0 saturated carbocycles. The monoisotopic (exact) mass is 542 g/mol. The van der Waals surface area contributed by atoms with E-state index in [4.69, 9.17) is 10.6 Å². The molecule has 15 nitrogen and oxygen atoms in total. The molecule has 4 rings (SSSR count). The lowest BCUT2D eigenvalue weighted by molar-refractivity contribution is -0.689. The van der Waals surface area contributed by atoms with Gasteiger partial charge in [-0.1, -0.05) is 5.16 Å². The van der Waals surface area contributed by atoms with Crippen LogP contribution < -0.4 is 20.7 Å². The number of β-lactam (4-membered cyclic amide) rings is 1. The molecule has 198 valence electrons. The van der Waals surface area contributed by atoms with E-state index in [1.54, 1.807) is 29.4 Å². The van der Waals surface area contributed by atoms with Crippen LogP contribution in [0.25, 0.3) is 0 Å². The van der Waals surface area contributed by atoms with E-state index in [9.17, 15) is 29.4 Å². The number of carboxylic acid groups (broad SMARTS) is 2. The normalized spacial score (nSPS) is 19.4. The number of aromatic nitrogens is 4. The van der Waals surface area contributed by atoms with Gasteiger partial charge in [-0.2, -0.15) is 4.57 Å². The van der Waals surface area contributed by atoms with Crippen molar-refractivity contribution in [1.82, 2.24) is 25.2 Å². The van der Waals surface area contributed by atoms with Gasteiger partial charge in [0.1, 0.15) is 17.2 Å². The standard InChI is InChI=1S/C22H22N8O7S/c1-22(2,21(35)36)37-28-13(16-25-4-3-12(23)26-16)17(31)27-14-18(32)30-15(20(33)34)11(10-38-19(14)30)9-29-7-5-24-6-8-29/h3-8,14,19H,9-10H2,1-2H3,(H4-,23,25,26,27,31,33,34,35,36)/b28-13-/t14?,19-/m1/s1. The molecule has 1 fully saturated rings. The molecular weight excluding hydrogens is 520 g/mol. The lowest BCUT2D eigenvalue weighted by Crippen LogP contribution is -2.71. The SMILES string of the molecule is CC(C)(O/N=C(\C(=O)NC1C(=O)N2C(C(=O)[O-])=C(C[n+]3ccncc3)CS[C@H]12)c1nccc(N)n1)C(=O)O. The number of nitrogens with two attached hydrogens (primary N) is 1. The van der Waals surface area contributed by atoms with Gasteiger partial charge < -0.3 is 30.9 Å². The summed E-state index contributed by atoms with van der Waals surface area (Å²) in [6.07, 6.45) is 7.66. The van der Waals surface area contributed by atoms with Crippen LogP contribution in [0.15, 0.2) is 53.5 Å². The van der Waals surface area contributed by atoms with Gasteiger partial charge in [-0.15, -0.1) is 11.8 Å². The zero-order valence-electron chi connectivity index (χ0n) is 20.1. The smallest absolute Gasteiger partial charge is 0.350 e. The van der Waals surface area contributed by atoms with Crippen molar-refractivity contribution in [3.8, 4) is 0 Å². The predicted molar refractivity (Wildman–Crippen MR) is 127 cm³/mol. The Labute approximate surface area is 219 Å². The van der Waals surface area contributed by atoms with E-state index < -0.39 is 46.5 Å². The lowest BCUT2D eigenvalue weighted by Gasteiger charge is -2.50. The Morgan fingerprint density at radius 2 is 2.05 bits per heavy atom. The summed E-state index contributed by atoms with van der Waals surface area (Å²) in [7, 11) is 0. The van der Waals surface area contributed by atoms with Crippen molar-refractivity contribution in [1.29, 1.82) is 0 Å². The Balaban J connectivity index is 1.57. The topological polar surface area (TPSA) is 217 Å². The summed E-state index contributed by atoms with van der Waals surface area (Å²) in [6, 6.07) is 0.249. The molecule has 0 aromatic carbocycles. The maximum atomic E-state index is 13.2. The number of nitrogens with zero attached hydrogens (tertiary/aromatic N) is 6. The molecule has 1 saturated heterocycles. The Kier molecular flexibility index (Phi) is 7.25. The van der Waals surface area contributed by atoms with Gasteiger partial charge in [0.05, 0.1) is 24.1 Å². The highest BCUT2D eigenvalue weighted by Crippen LogP contribution is 2.40. The number of carbonyl (C=O) groups excluding carboxylic acids is 3. The summed E-state index contributed by atoms with van der Waals surface area (Å²) < 4.78 is 1.71. The molecule has 0 radical (unpaired) electrons. The quantitative estimate of drug-likeness (QED) is 0.129. The van der Waals surface area contributed by atoms with Gasteiger partial charge in [-0.25, -0.2) is 14.8 Å². The summed E-state index contributed by atoms with van der Waals surface area (Å²) >= 11 is 1.26. The fourth-order valence-corrected chi connectivity index (χ4v) is 4.88. The Morgan fingerprint density at radius 3 is 2.68 bits per heavy atom. The minimum absolute atomic E-state index is 0.00469. The van der Waals surface area contributed by atoms with Gasteiger partial charge in [0, 0.05) is 17.5 Å². The van der Waals surface area contributed by atoms with Gasteiger partial charge >= 0.3 is 5.97 Å². The van der Waals surface area contributed by atoms with Crippen molar-refractivity contribution in [3.63, 3.8) is 0 Å². The number of carbonyl (C=O) groups is 4. The minimum atomic E-state index is -1.80. The second-order valence-electron chi connectivity index (χ2n) is 8.67. The molecule has 0 aliphatic carbocycles. The van der Waals surface area contributed by atoms with Gasteiger partial charge in [0.25, 0.3) is 11.8 Å². The van der Waals surface area contributed by atoms with E-state index in [1.807, 2.05) is 0 Å². The number of nitrogens with one attached hydrogen (secondary N) is 1. The summed E-state index contributed by atoms with van der Waals surface area (Å²) in [5.74, 6) is -4.49. The maximum absolute atomic E-state index is 13.2. The van der Waals surface area contributed by atoms with Crippen molar-refractivity contribution in [3.05, 3.63) is 54.1 Å². The van der Waals surface area contributed by atoms with Crippen molar-refractivity contribution in [2.24, 2.45) is 5.16 Å². The number of aliphatic carboxylic acids is 2. The van der Waals surface area contributed by atoms with E-state index in [-0.39, 0.29) is 29.6 Å². The van der Waals surface area contributed by atoms with Gasteiger partial charge in [-0.05, 0) is 19.9 Å². The third-order valence-corrected chi connectivity index (χ3v) is 6.91. The van der Waals surface area contributed by atoms with Crippen molar-refractivity contribution < 1.29 is 38.8 Å². The van der Waals surface area contributed by atoms with E-state index in [0.717, 1.165) is 4.90 Å². The van der Waals surface area contributed by atoms with Crippen LogP contribution in [0.2, 0.25) is 0 Å². The third kappa shape index (κ3) is 5.24. The summed E-state index contributed by atoms with van der Waals surface area (Å²) in [5.41, 5.74) is 3.56. The van der Waals surface area contributed by atoms with Crippen LogP contribution in [-0.4, -0.2) is 77.2 Å². The molecule has 2 aliphatic heterocycles. The molecule has 2 aromatic rings. The van der Waals surface area contributed by atoms with Gasteiger partial charge in [0.2, 0.25) is 11.3 Å². The first-order valence-corrected chi connectivity index (χ1v) is 12.1. The van der Waals surface area contributed by atoms with E-state index in [1.165, 1.54) is 37.9 Å². The van der Waals surface area contributed by atoms with Gasteiger partial charge in [0.15, 0.2) is 24.8 Å². The second kappa shape index (κ2) is 10.4. The molecule has 16 heteroatoms. The Morgan fingerprint density at radius 1 is 1.34 bits per heavy atom. The second-order valence-corrected chi connectivity index (χ2v) is 9.77. The van der Waals surface area contributed by atoms with Crippen LogP contribution in [0.1, 0.15) is 19.7 Å². The van der Waals surface area contributed by atoms with Crippen LogP contribution >= 0.6 is 11.8 Å². The predicted octanol–water partition coefficient (Wildman–Crippen LogP) is -2.57. The fraction of sp³-hybridized carbons (Fsp3) is 0.318. The molecule has 2 aliphatic rings. The van der Waals surface area contributed by atoms with Crippen LogP contribution in [-0.2, 0) is 30.6 Å². The number of carboxylic acids is 2. The third-order valence-electron chi connectivity index (χ3n) is 5.57. The molecule has 2 atom stereocenters.